The summed E-state index contributed by atoms with van der Waals surface area (Å²) in [5, 5.41) is 0. The number of hydrogen-bond acceptors (Lipinski definition) is 3. The average molecular weight is 339 g/mol. The molecule has 2 heterocycles. The number of rotatable bonds is 4. The highest BCUT2D eigenvalue weighted by Gasteiger charge is 2.34. The summed E-state index contributed by atoms with van der Waals surface area (Å²) in [6.07, 6.45) is 0.883. The van der Waals surface area contributed by atoms with E-state index in [2.05, 4.69) is 9.97 Å². The minimum Gasteiger partial charge on any atom is -0.444 e. The van der Waals surface area contributed by atoms with Crippen molar-refractivity contribution in [3.63, 3.8) is 0 Å². The van der Waals surface area contributed by atoms with E-state index in [0.29, 0.717) is 18.3 Å². The normalized spacial score (nSPS) is 11.9. The molecule has 2 aromatic heterocycles. The Labute approximate surface area is 134 Å². The van der Waals surface area contributed by atoms with Crippen molar-refractivity contribution < 1.29 is 22.0 Å². The quantitative estimate of drug-likeness (QED) is 0.666. The van der Waals surface area contributed by atoms with Gasteiger partial charge in [-0.05, 0) is 24.6 Å². The van der Waals surface area contributed by atoms with Crippen LogP contribution in [0, 0.1) is 5.82 Å². The molecule has 0 radical (unpaired) electrons. The minimum absolute atomic E-state index is 0.00586. The summed E-state index contributed by atoms with van der Waals surface area (Å²) in [6, 6.07) is 2.65. The zero-order chi connectivity index (χ0) is 17.3. The van der Waals surface area contributed by atoms with Crippen molar-refractivity contribution in [1.82, 2.24) is 14.5 Å². The van der Waals surface area contributed by atoms with Crippen LogP contribution in [0.3, 0.4) is 0 Å². The van der Waals surface area contributed by atoms with Gasteiger partial charge in [-0.15, -0.1) is 0 Å². The third-order valence-electron chi connectivity index (χ3n) is 3.46. The first kappa shape index (κ1) is 16.2. The van der Waals surface area contributed by atoms with Gasteiger partial charge in [-0.1, -0.05) is 6.92 Å². The summed E-state index contributed by atoms with van der Waals surface area (Å²) in [6.45, 7) is 2.36. The summed E-state index contributed by atoms with van der Waals surface area (Å²) >= 11 is 0. The van der Waals surface area contributed by atoms with E-state index in [9.17, 15) is 17.6 Å². The van der Waals surface area contributed by atoms with Crippen LogP contribution >= 0.6 is 0 Å². The van der Waals surface area contributed by atoms with E-state index in [1.54, 1.807) is 10.9 Å². The minimum atomic E-state index is -4.77. The molecule has 0 amide bonds. The molecule has 1 aromatic carbocycles. The number of halogens is 4. The van der Waals surface area contributed by atoms with E-state index < -0.39 is 17.6 Å². The van der Waals surface area contributed by atoms with Crippen molar-refractivity contribution >= 4 is 0 Å². The van der Waals surface area contributed by atoms with E-state index in [1.165, 1.54) is 12.3 Å². The lowest BCUT2D eigenvalue weighted by Crippen LogP contribution is -2.08. The molecule has 8 heteroatoms. The molecular formula is C16H13F4N3O. The average Bonchev–Trinajstić information content (AvgIpc) is 3.16. The largest absolute Gasteiger partial charge is 0.444 e. The number of imidazole rings is 1. The number of aromatic nitrogens is 3. The number of oxazole rings is 1. The Balaban J connectivity index is 1.85. The second-order valence-electron chi connectivity index (χ2n) is 5.23. The molecule has 0 bridgehead atoms. The van der Waals surface area contributed by atoms with Gasteiger partial charge in [0.25, 0.3) is 0 Å². The molecule has 0 aliphatic carbocycles. The molecule has 0 fully saturated rings. The van der Waals surface area contributed by atoms with Gasteiger partial charge in [0.1, 0.15) is 12.1 Å². The van der Waals surface area contributed by atoms with Crippen molar-refractivity contribution in [2.24, 2.45) is 0 Å². The Morgan fingerprint density at radius 3 is 2.67 bits per heavy atom. The number of alkyl halides is 3. The fraction of sp³-hybridized carbons (Fsp3) is 0.250. The van der Waals surface area contributed by atoms with Crippen LogP contribution in [0.25, 0.3) is 11.5 Å². The monoisotopic (exact) mass is 339 g/mol. The third-order valence-corrected chi connectivity index (χ3v) is 3.46. The van der Waals surface area contributed by atoms with Crippen LogP contribution in [0.2, 0.25) is 0 Å². The molecule has 0 spiro atoms. The lowest BCUT2D eigenvalue weighted by atomic mass is 10.1. The van der Waals surface area contributed by atoms with Crippen LogP contribution in [-0.2, 0) is 19.1 Å². The highest BCUT2D eigenvalue weighted by molar-refractivity contribution is 5.55. The highest BCUT2D eigenvalue weighted by atomic mass is 19.4. The van der Waals surface area contributed by atoms with Gasteiger partial charge in [-0.3, -0.25) is 0 Å². The van der Waals surface area contributed by atoms with Crippen LogP contribution in [0.4, 0.5) is 17.6 Å². The van der Waals surface area contributed by atoms with E-state index in [-0.39, 0.29) is 11.5 Å². The van der Waals surface area contributed by atoms with Crippen LogP contribution in [0.1, 0.15) is 23.9 Å². The second kappa shape index (κ2) is 6.10. The summed E-state index contributed by atoms with van der Waals surface area (Å²) in [7, 11) is 0. The summed E-state index contributed by atoms with van der Waals surface area (Å²) in [5.41, 5.74) is 0.173. The number of hydrogen-bond donors (Lipinski definition) is 0. The predicted octanol–water partition coefficient (Wildman–Crippen LogP) is 4.31. The molecule has 3 rings (SSSR count). The first-order valence-corrected chi connectivity index (χ1v) is 7.19. The second-order valence-corrected chi connectivity index (χ2v) is 5.23. The van der Waals surface area contributed by atoms with Crippen molar-refractivity contribution in [2.45, 2.75) is 26.1 Å². The molecule has 126 valence electrons. The standard InChI is InChI=1S/C16H13F4N3O/c1-2-11-6-23(9-21-11)7-12-8-24-15(22-12)10-3-4-14(17)13(5-10)16(18,19)20/h3-6,8-9H,2,7H2,1H3. The molecule has 0 N–H and O–H groups in total. The van der Waals surface area contributed by atoms with Crippen molar-refractivity contribution in [3.05, 3.63) is 59.8 Å². The van der Waals surface area contributed by atoms with Gasteiger partial charge >= 0.3 is 6.18 Å². The lowest BCUT2D eigenvalue weighted by Gasteiger charge is -2.08. The van der Waals surface area contributed by atoms with Gasteiger partial charge in [-0.2, -0.15) is 13.2 Å². The number of benzene rings is 1. The number of nitrogens with zero attached hydrogens (tertiary/aromatic N) is 3. The summed E-state index contributed by atoms with van der Waals surface area (Å²) in [5.74, 6) is -1.32. The highest BCUT2D eigenvalue weighted by Crippen LogP contribution is 2.34. The van der Waals surface area contributed by atoms with Crippen LogP contribution in [-0.4, -0.2) is 14.5 Å². The molecule has 0 unspecified atom stereocenters. The Hall–Kier alpha value is -2.64. The molecule has 0 atom stereocenters. The Morgan fingerprint density at radius 2 is 2.00 bits per heavy atom. The fourth-order valence-electron chi connectivity index (χ4n) is 2.25. The van der Waals surface area contributed by atoms with E-state index in [1.807, 2.05) is 13.1 Å². The molecule has 0 aliphatic heterocycles. The van der Waals surface area contributed by atoms with Gasteiger partial charge in [0.15, 0.2) is 0 Å². The number of aryl methyl sites for hydroxylation is 1. The van der Waals surface area contributed by atoms with Crippen molar-refractivity contribution in [3.8, 4) is 11.5 Å². The molecule has 0 saturated heterocycles. The van der Waals surface area contributed by atoms with Crippen molar-refractivity contribution in [2.75, 3.05) is 0 Å². The predicted molar refractivity (Wildman–Crippen MR) is 77.6 cm³/mol. The molecular weight excluding hydrogens is 326 g/mol. The SMILES string of the molecule is CCc1cn(Cc2coc(-c3ccc(F)c(C(F)(F)F)c3)n2)cn1. The van der Waals surface area contributed by atoms with E-state index in [0.717, 1.165) is 18.2 Å². The van der Waals surface area contributed by atoms with E-state index >= 15 is 0 Å². The van der Waals surface area contributed by atoms with Gasteiger partial charge in [-0.25, -0.2) is 14.4 Å². The molecule has 4 nitrogen and oxygen atoms in total. The Bertz CT molecular complexity index is 851. The van der Waals surface area contributed by atoms with Gasteiger partial charge in [0.05, 0.1) is 29.8 Å². The molecule has 0 aliphatic rings. The Morgan fingerprint density at radius 1 is 1.21 bits per heavy atom. The lowest BCUT2D eigenvalue weighted by molar-refractivity contribution is -0.139. The van der Waals surface area contributed by atoms with Crippen LogP contribution < -0.4 is 0 Å². The van der Waals surface area contributed by atoms with Gasteiger partial charge in [0.2, 0.25) is 5.89 Å². The maximum Gasteiger partial charge on any atom is 0.419 e. The molecule has 0 saturated carbocycles. The van der Waals surface area contributed by atoms with Gasteiger partial charge < -0.3 is 8.98 Å². The van der Waals surface area contributed by atoms with E-state index in [4.69, 9.17) is 4.42 Å². The maximum atomic E-state index is 13.3. The first-order chi connectivity index (χ1) is 11.4. The zero-order valence-electron chi connectivity index (χ0n) is 12.6. The topological polar surface area (TPSA) is 43.9 Å². The van der Waals surface area contributed by atoms with Gasteiger partial charge in [0, 0.05) is 11.8 Å². The molecule has 3 aromatic rings. The molecule has 24 heavy (non-hydrogen) atoms. The smallest absolute Gasteiger partial charge is 0.419 e. The Kier molecular flexibility index (Phi) is 4.13. The van der Waals surface area contributed by atoms with Crippen molar-refractivity contribution in [1.29, 1.82) is 0 Å². The third kappa shape index (κ3) is 3.32. The zero-order valence-corrected chi connectivity index (χ0v) is 12.6. The van der Waals surface area contributed by atoms with Crippen LogP contribution in [0.5, 0.6) is 0 Å². The maximum absolute atomic E-state index is 13.3. The summed E-state index contributed by atoms with van der Waals surface area (Å²) in [4.78, 5) is 8.34. The van der Waals surface area contributed by atoms with Crippen LogP contribution in [0.15, 0.2) is 41.4 Å². The first-order valence-electron chi connectivity index (χ1n) is 7.19. The fourth-order valence-corrected chi connectivity index (χ4v) is 2.25. The summed E-state index contributed by atoms with van der Waals surface area (Å²) < 4.78 is 58.7.